The summed E-state index contributed by atoms with van der Waals surface area (Å²) in [4.78, 5) is 32.4. The fraction of sp³-hybridized carbons (Fsp3) is 0.500. The van der Waals surface area contributed by atoms with Crippen LogP contribution in [0.1, 0.15) is 6.42 Å². The predicted molar refractivity (Wildman–Crippen MR) is 77.9 cm³/mol. The first kappa shape index (κ1) is 16.2. The van der Waals surface area contributed by atoms with Crippen LogP contribution in [0.4, 0.5) is 5.95 Å². The molecule has 2 N–H and O–H groups in total. The minimum Gasteiger partial charge on any atom is -0.480 e. The number of amides is 1. The van der Waals surface area contributed by atoms with Crippen molar-refractivity contribution in [1.29, 1.82) is 0 Å². The molecule has 8 heteroatoms. The molecular formula is C12H18N4O3S. The van der Waals surface area contributed by atoms with Gasteiger partial charge in [-0.2, -0.15) is 11.8 Å². The maximum absolute atomic E-state index is 11.8. The van der Waals surface area contributed by atoms with E-state index >= 15 is 0 Å². The number of nitrogens with zero attached hydrogens (tertiary/aromatic N) is 3. The van der Waals surface area contributed by atoms with Crippen molar-refractivity contribution in [2.24, 2.45) is 0 Å². The molecule has 0 aliphatic rings. The first-order chi connectivity index (χ1) is 9.54. The highest BCUT2D eigenvalue weighted by Gasteiger charge is 2.20. The van der Waals surface area contributed by atoms with Crippen molar-refractivity contribution in [3.05, 3.63) is 18.5 Å². The SMILES string of the molecule is CSCC[C@H](NC(=O)CN(C)c1ncccn1)C(=O)O. The molecule has 1 amide bonds. The second kappa shape index (κ2) is 8.36. The van der Waals surface area contributed by atoms with Crippen LogP contribution in [0.2, 0.25) is 0 Å². The minimum absolute atomic E-state index is 0.00701. The summed E-state index contributed by atoms with van der Waals surface area (Å²) < 4.78 is 0. The number of rotatable bonds is 8. The monoisotopic (exact) mass is 298 g/mol. The van der Waals surface area contributed by atoms with E-state index in [0.29, 0.717) is 18.1 Å². The second-order valence-corrected chi connectivity index (χ2v) is 5.13. The first-order valence-corrected chi connectivity index (χ1v) is 7.43. The van der Waals surface area contributed by atoms with E-state index in [-0.39, 0.29) is 12.5 Å². The molecule has 7 nitrogen and oxygen atoms in total. The molecule has 0 unspecified atom stereocenters. The van der Waals surface area contributed by atoms with E-state index < -0.39 is 12.0 Å². The summed E-state index contributed by atoms with van der Waals surface area (Å²) in [6.07, 6.45) is 5.44. The predicted octanol–water partition coefficient (Wildman–Crippen LogP) is 0.235. The molecule has 0 aliphatic carbocycles. The van der Waals surface area contributed by atoms with Crippen molar-refractivity contribution in [3.63, 3.8) is 0 Å². The summed E-state index contributed by atoms with van der Waals surface area (Å²) in [7, 11) is 1.67. The molecule has 0 fully saturated rings. The van der Waals surface area contributed by atoms with Gasteiger partial charge in [-0.15, -0.1) is 0 Å². The van der Waals surface area contributed by atoms with E-state index in [1.165, 1.54) is 0 Å². The summed E-state index contributed by atoms with van der Waals surface area (Å²) in [6, 6.07) is 0.820. The van der Waals surface area contributed by atoms with Crippen LogP contribution in [0.3, 0.4) is 0 Å². The van der Waals surface area contributed by atoms with Gasteiger partial charge >= 0.3 is 5.97 Å². The first-order valence-electron chi connectivity index (χ1n) is 6.04. The molecule has 1 aromatic rings. The quantitative estimate of drug-likeness (QED) is 0.709. The van der Waals surface area contributed by atoms with E-state index in [2.05, 4.69) is 15.3 Å². The van der Waals surface area contributed by atoms with Crippen LogP contribution >= 0.6 is 11.8 Å². The summed E-state index contributed by atoms with van der Waals surface area (Å²) in [5.74, 6) is -0.298. The molecular weight excluding hydrogens is 280 g/mol. The fourth-order valence-corrected chi connectivity index (χ4v) is 1.98. The summed E-state index contributed by atoms with van der Waals surface area (Å²) in [5, 5.41) is 11.5. The third kappa shape index (κ3) is 5.43. The number of hydrogen-bond donors (Lipinski definition) is 2. The van der Waals surface area contributed by atoms with Crippen LogP contribution in [-0.4, -0.2) is 58.6 Å². The topological polar surface area (TPSA) is 95.4 Å². The Kier molecular flexibility index (Phi) is 6.78. The number of anilines is 1. The highest BCUT2D eigenvalue weighted by atomic mass is 32.2. The van der Waals surface area contributed by atoms with Gasteiger partial charge in [0.05, 0.1) is 6.54 Å². The number of carbonyl (C=O) groups is 2. The Morgan fingerprint density at radius 2 is 2.10 bits per heavy atom. The maximum Gasteiger partial charge on any atom is 0.326 e. The molecule has 0 aliphatic heterocycles. The lowest BCUT2D eigenvalue weighted by Gasteiger charge is -2.18. The summed E-state index contributed by atoms with van der Waals surface area (Å²) in [6.45, 7) is 0.00701. The van der Waals surface area contributed by atoms with Gasteiger partial charge in [-0.1, -0.05) is 0 Å². The lowest BCUT2D eigenvalue weighted by Crippen LogP contribution is -2.45. The van der Waals surface area contributed by atoms with Gasteiger partial charge < -0.3 is 15.3 Å². The van der Waals surface area contributed by atoms with Crippen LogP contribution in [0.5, 0.6) is 0 Å². The Bertz CT molecular complexity index is 444. The Hall–Kier alpha value is -1.83. The van der Waals surface area contributed by atoms with Crippen molar-refractivity contribution in [3.8, 4) is 0 Å². The maximum atomic E-state index is 11.8. The molecule has 110 valence electrons. The van der Waals surface area contributed by atoms with Crippen LogP contribution < -0.4 is 10.2 Å². The van der Waals surface area contributed by atoms with Crippen LogP contribution in [-0.2, 0) is 9.59 Å². The third-order valence-electron chi connectivity index (χ3n) is 2.52. The van der Waals surface area contributed by atoms with Gasteiger partial charge in [0.1, 0.15) is 6.04 Å². The highest BCUT2D eigenvalue weighted by molar-refractivity contribution is 7.98. The van der Waals surface area contributed by atoms with Crippen molar-refractivity contribution in [2.45, 2.75) is 12.5 Å². The van der Waals surface area contributed by atoms with Crippen molar-refractivity contribution in [1.82, 2.24) is 15.3 Å². The zero-order chi connectivity index (χ0) is 15.0. The molecule has 0 spiro atoms. The van der Waals surface area contributed by atoms with Crippen LogP contribution in [0.25, 0.3) is 0 Å². The molecule has 1 atom stereocenters. The Morgan fingerprint density at radius 1 is 1.45 bits per heavy atom. The number of carboxylic acid groups (broad SMARTS) is 1. The number of thioether (sulfide) groups is 1. The standard InChI is InChI=1S/C12H18N4O3S/c1-16(12-13-5-3-6-14-12)8-10(17)15-9(11(18)19)4-7-20-2/h3,5-6,9H,4,7-8H2,1-2H3,(H,15,17)(H,18,19)/t9-/m0/s1. The Labute approximate surface area is 121 Å². The lowest BCUT2D eigenvalue weighted by molar-refractivity contribution is -0.141. The highest BCUT2D eigenvalue weighted by Crippen LogP contribution is 2.03. The molecule has 1 aromatic heterocycles. The molecule has 1 heterocycles. The number of hydrogen-bond acceptors (Lipinski definition) is 6. The molecule has 0 radical (unpaired) electrons. The van der Waals surface area contributed by atoms with Crippen LogP contribution in [0, 0.1) is 0 Å². The second-order valence-electron chi connectivity index (χ2n) is 4.14. The number of carboxylic acids is 1. The number of nitrogens with one attached hydrogen (secondary N) is 1. The van der Waals surface area contributed by atoms with Gasteiger partial charge in [-0.3, -0.25) is 4.79 Å². The van der Waals surface area contributed by atoms with E-state index in [1.807, 2.05) is 6.26 Å². The van der Waals surface area contributed by atoms with E-state index in [0.717, 1.165) is 0 Å². The number of aliphatic carboxylic acids is 1. The zero-order valence-corrected chi connectivity index (χ0v) is 12.3. The van der Waals surface area contributed by atoms with Gasteiger partial charge in [0.2, 0.25) is 11.9 Å². The van der Waals surface area contributed by atoms with Crippen LogP contribution in [0.15, 0.2) is 18.5 Å². The zero-order valence-electron chi connectivity index (χ0n) is 11.4. The summed E-state index contributed by atoms with van der Waals surface area (Å²) in [5.41, 5.74) is 0. The molecule has 20 heavy (non-hydrogen) atoms. The molecule has 0 saturated carbocycles. The molecule has 1 rings (SSSR count). The average molecular weight is 298 g/mol. The Morgan fingerprint density at radius 3 is 2.65 bits per heavy atom. The fourth-order valence-electron chi connectivity index (χ4n) is 1.51. The number of aromatic nitrogens is 2. The lowest BCUT2D eigenvalue weighted by atomic mass is 10.2. The Balaban J connectivity index is 2.51. The van der Waals surface area contributed by atoms with E-state index in [4.69, 9.17) is 5.11 Å². The van der Waals surface area contributed by atoms with Gasteiger partial charge in [0.25, 0.3) is 0 Å². The van der Waals surface area contributed by atoms with Gasteiger partial charge in [-0.05, 0) is 24.5 Å². The molecule has 0 saturated heterocycles. The average Bonchev–Trinajstić information content (AvgIpc) is 2.44. The normalized spacial score (nSPS) is 11.7. The molecule has 0 aromatic carbocycles. The van der Waals surface area contributed by atoms with Crippen molar-refractivity contribution in [2.75, 3.05) is 30.5 Å². The minimum atomic E-state index is -1.02. The smallest absolute Gasteiger partial charge is 0.326 e. The number of likely N-dealkylation sites (N-methyl/N-ethyl adjacent to an activating group) is 1. The number of carbonyl (C=O) groups excluding carboxylic acids is 1. The van der Waals surface area contributed by atoms with Crippen molar-refractivity contribution >= 4 is 29.6 Å². The largest absolute Gasteiger partial charge is 0.480 e. The summed E-state index contributed by atoms with van der Waals surface area (Å²) >= 11 is 1.54. The van der Waals surface area contributed by atoms with Gasteiger partial charge in [-0.25, -0.2) is 14.8 Å². The van der Waals surface area contributed by atoms with Gasteiger partial charge in [0.15, 0.2) is 0 Å². The van der Waals surface area contributed by atoms with E-state index in [9.17, 15) is 9.59 Å². The molecule has 0 bridgehead atoms. The third-order valence-corrected chi connectivity index (χ3v) is 3.16. The van der Waals surface area contributed by atoms with Gasteiger partial charge in [0, 0.05) is 19.4 Å². The van der Waals surface area contributed by atoms with E-state index in [1.54, 1.807) is 42.2 Å². The van der Waals surface area contributed by atoms with Crippen molar-refractivity contribution < 1.29 is 14.7 Å².